The van der Waals surface area contributed by atoms with Crippen LogP contribution in [-0.2, 0) is 13.1 Å². The minimum atomic E-state index is -0.360. The summed E-state index contributed by atoms with van der Waals surface area (Å²) in [6.07, 6.45) is 0. The lowest BCUT2D eigenvalue weighted by atomic mass is 9.58. The van der Waals surface area contributed by atoms with E-state index < -0.39 is 0 Å². The zero-order valence-electron chi connectivity index (χ0n) is 29.3. The Hall–Kier alpha value is -4.60. The molecule has 254 valence electrons. The Labute approximate surface area is 283 Å². The van der Waals surface area contributed by atoms with Gasteiger partial charge in [0.2, 0.25) is 0 Å². The molecule has 8 bridgehead atoms. The zero-order chi connectivity index (χ0) is 34.9. The summed E-state index contributed by atoms with van der Waals surface area (Å²) in [6, 6.07) is 9.84. The van der Waals surface area contributed by atoms with E-state index in [4.69, 9.17) is 0 Å². The average Bonchev–Trinajstić information content (AvgIpc) is 3.09. The van der Waals surface area contributed by atoms with E-state index in [2.05, 4.69) is 58.9 Å². The summed E-state index contributed by atoms with van der Waals surface area (Å²) in [6.45, 7) is 18.4. The van der Waals surface area contributed by atoms with Crippen LogP contribution in [0.4, 0.5) is 0 Å². The number of carbonyl (C=O) groups is 4. The van der Waals surface area contributed by atoms with Gasteiger partial charge in [0.05, 0.1) is 0 Å². The molecule has 1 aliphatic carbocycles. The minimum absolute atomic E-state index is 0.177. The smallest absolute Gasteiger partial charge is 0.270 e. The van der Waals surface area contributed by atoms with Crippen molar-refractivity contribution in [2.45, 2.75) is 68.5 Å². The van der Waals surface area contributed by atoms with Crippen molar-refractivity contribution in [3.8, 4) is 0 Å². The van der Waals surface area contributed by atoms with Crippen molar-refractivity contribution in [1.82, 2.24) is 31.2 Å². The molecule has 48 heavy (non-hydrogen) atoms. The molecule has 0 saturated heterocycles. The normalized spacial score (nSPS) is 25.6. The highest BCUT2D eigenvalue weighted by Crippen LogP contribution is 2.45. The second kappa shape index (κ2) is 14.3. The third kappa shape index (κ3) is 6.84. The Balaban J connectivity index is 1.47. The highest BCUT2D eigenvalue weighted by molar-refractivity contribution is 5.97. The van der Waals surface area contributed by atoms with Crippen molar-refractivity contribution < 1.29 is 19.2 Å². The van der Waals surface area contributed by atoms with Gasteiger partial charge in [0.15, 0.2) is 0 Å². The van der Waals surface area contributed by atoms with Crippen LogP contribution >= 0.6 is 0 Å². The molecule has 10 heteroatoms. The van der Waals surface area contributed by atoms with Crippen LogP contribution in [0.15, 0.2) is 36.4 Å². The van der Waals surface area contributed by atoms with Crippen molar-refractivity contribution in [3.05, 3.63) is 92.6 Å². The van der Waals surface area contributed by atoms with Crippen molar-refractivity contribution >= 4 is 23.6 Å². The van der Waals surface area contributed by atoms with Gasteiger partial charge in [0.1, 0.15) is 22.8 Å². The number of rotatable bonds is 0. The van der Waals surface area contributed by atoms with Crippen LogP contribution in [0, 0.1) is 63.2 Å². The summed E-state index contributed by atoms with van der Waals surface area (Å²) in [4.78, 5) is 61.9. The number of hydrogen-bond donors (Lipinski definition) is 4. The Morgan fingerprint density at radius 1 is 0.479 bits per heavy atom. The summed E-state index contributed by atoms with van der Waals surface area (Å²) in [7, 11) is 0. The van der Waals surface area contributed by atoms with Crippen LogP contribution in [0.2, 0.25) is 0 Å². The lowest BCUT2D eigenvalue weighted by molar-refractivity contribution is 0.0124. The zero-order valence-corrected chi connectivity index (χ0v) is 29.3. The third-order valence-electron chi connectivity index (χ3n) is 11.6. The fraction of sp³-hybridized carbons (Fsp3) is 0.474. The second-order valence-corrected chi connectivity index (χ2v) is 13.8. The van der Waals surface area contributed by atoms with E-state index >= 15 is 0 Å². The van der Waals surface area contributed by atoms with Crippen molar-refractivity contribution in [3.63, 3.8) is 0 Å². The fourth-order valence-electron chi connectivity index (χ4n) is 7.75. The maximum Gasteiger partial charge on any atom is 0.270 e. The van der Waals surface area contributed by atoms with Gasteiger partial charge in [0.25, 0.3) is 23.6 Å². The predicted octanol–water partition coefficient (Wildman–Crippen LogP) is 4.83. The van der Waals surface area contributed by atoms with Crippen LogP contribution in [0.25, 0.3) is 0 Å². The van der Waals surface area contributed by atoms with Gasteiger partial charge < -0.3 is 21.3 Å². The molecule has 1 aromatic carbocycles. The number of nitrogens with zero attached hydrogens (tertiary/aromatic N) is 2. The molecule has 4 aliphatic heterocycles. The molecule has 1 unspecified atom stereocenters. The number of carbonyl (C=O) groups excluding carboxylic acids is 4. The number of aromatic nitrogens is 2. The van der Waals surface area contributed by atoms with E-state index in [1.165, 1.54) is 0 Å². The van der Waals surface area contributed by atoms with Gasteiger partial charge in [0, 0.05) is 26.2 Å². The van der Waals surface area contributed by atoms with E-state index in [1.54, 1.807) is 36.4 Å². The first-order valence-electron chi connectivity index (χ1n) is 16.9. The molecule has 1 fully saturated rings. The molecule has 0 radical (unpaired) electrons. The third-order valence-corrected chi connectivity index (χ3v) is 11.6. The summed E-state index contributed by atoms with van der Waals surface area (Å²) in [5.74, 6) is 0.213. The minimum Gasteiger partial charge on any atom is -0.350 e. The first kappa shape index (κ1) is 34.7. The van der Waals surface area contributed by atoms with Gasteiger partial charge in [-0.2, -0.15) is 0 Å². The second-order valence-electron chi connectivity index (χ2n) is 13.8. The quantitative estimate of drug-likeness (QED) is 0.274. The molecule has 4 N–H and O–H groups in total. The van der Waals surface area contributed by atoms with Crippen LogP contribution in [0.1, 0.15) is 103 Å². The predicted molar refractivity (Wildman–Crippen MR) is 185 cm³/mol. The molecular formula is C38H48N6O4. The van der Waals surface area contributed by atoms with E-state index in [0.717, 1.165) is 33.4 Å². The number of hydrogen-bond acceptors (Lipinski definition) is 6. The maximum atomic E-state index is 13.3. The Morgan fingerprint density at radius 3 is 1.04 bits per heavy atom. The van der Waals surface area contributed by atoms with Crippen molar-refractivity contribution in [2.75, 3.05) is 13.1 Å². The van der Waals surface area contributed by atoms with Gasteiger partial charge in [-0.05, 0) is 121 Å². The molecule has 6 atom stereocenters. The fourth-order valence-corrected chi connectivity index (χ4v) is 7.75. The van der Waals surface area contributed by atoms with Crippen LogP contribution < -0.4 is 21.3 Å². The molecule has 10 nitrogen and oxygen atoms in total. The summed E-state index contributed by atoms with van der Waals surface area (Å²) in [5, 5.41) is 12.2. The number of pyridine rings is 2. The average molecular weight is 653 g/mol. The molecule has 4 amide bonds. The summed E-state index contributed by atoms with van der Waals surface area (Å²) < 4.78 is 0. The standard InChI is InChI=1S/C38H48N6O4/c1-19-20(2)28-16-40-36(46)32-12-10-14-34(44-32)38(48)42-18-30-25(7)23(5)29(24(6)26(30)8)17-41-37(47)33-13-9-11-31(43-33)35(45)39-15-27(19)21(3)22(28)4/h9-14,19-22,27-28H,15-18H2,1-8H3,(H,39,45)(H,40,46)(H,41,47)(H,42,48)/t19-,20+,21+,22-,27-,28?. The topological polar surface area (TPSA) is 142 Å². The van der Waals surface area contributed by atoms with E-state index in [0.29, 0.717) is 13.1 Å². The molecule has 1 saturated carbocycles. The Bertz CT molecular complexity index is 1580. The van der Waals surface area contributed by atoms with Crippen LogP contribution in [0.3, 0.4) is 0 Å². The van der Waals surface area contributed by atoms with Crippen LogP contribution in [0.5, 0.6) is 0 Å². The lowest BCUT2D eigenvalue weighted by Crippen LogP contribution is -2.50. The molecule has 3 aromatic rings. The van der Waals surface area contributed by atoms with E-state index in [1.807, 2.05) is 27.7 Å². The monoisotopic (exact) mass is 652 g/mol. The van der Waals surface area contributed by atoms with Gasteiger partial charge in [-0.15, -0.1) is 0 Å². The molecule has 5 aliphatic rings. The summed E-state index contributed by atoms with van der Waals surface area (Å²) >= 11 is 0. The first-order valence-corrected chi connectivity index (χ1v) is 16.9. The SMILES string of the molecule is Cc1c(C)c2c(C)c(C)c1CNC(=O)c1cccc(n1)C(=O)NCC1[C@@H](C)[C@@H](C)[C@@H](CNC(=O)c3cccc(n3)C(=O)NC2)[C@@H](C)[C@H]1C. The number of amides is 4. The van der Waals surface area contributed by atoms with E-state index in [-0.39, 0.29) is 95.0 Å². The largest absolute Gasteiger partial charge is 0.350 e. The highest BCUT2D eigenvalue weighted by Gasteiger charge is 2.43. The Kier molecular flexibility index (Phi) is 10.3. The molecule has 0 spiro atoms. The maximum absolute atomic E-state index is 13.3. The van der Waals surface area contributed by atoms with Gasteiger partial charge in [-0.25, -0.2) is 9.97 Å². The van der Waals surface area contributed by atoms with Gasteiger partial charge in [-0.3, -0.25) is 19.2 Å². The molecule has 6 heterocycles. The molecular weight excluding hydrogens is 604 g/mol. The number of benzene rings is 1. The van der Waals surface area contributed by atoms with E-state index in [9.17, 15) is 19.2 Å². The summed E-state index contributed by atoms with van der Waals surface area (Å²) in [5.41, 5.74) is 6.80. The van der Waals surface area contributed by atoms with Gasteiger partial charge in [-0.1, -0.05) is 39.8 Å². The lowest BCUT2D eigenvalue weighted by Gasteiger charge is -2.48. The molecule has 2 aromatic heterocycles. The highest BCUT2D eigenvalue weighted by atomic mass is 16.2. The van der Waals surface area contributed by atoms with Crippen molar-refractivity contribution in [2.24, 2.45) is 35.5 Å². The first-order chi connectivity index (χ1) is 22.8. The van der Waals surface area contributed by atoms with Crippen LogP contribution in [-0.4, -0.2) is 46.7 Å². The molecule has 8 rings (SSSR count). The Morgan fingerprint density at radius 2 is 0.750 bits per heavy atom. The van der Waals surface area contributed by atoms with Gasteiger partial charge >= 0.3 is 0 Å². The number of nitrogens with one attached hydrogen (secondary N) is 4. The van der Waals surface area contributed by atoms with Crippen molar-refractivity contribution in [1.29, 1.82) is 0 Å².